The number of amides is 5. The molecule has 0 bridgehead atoms. The van der Waals surface area contributed by atoms with Crippen LogP contribution in [0.1, 0.15) is 84.2 Å². The number of carbonyl (C=O) groups excluding carboxylic acids is 5. The van der Waals surface area contributed by atoms with Crippen molar-refractivity contribution < 1.29 is 58.3 Å². The molecule has 0 radical (unpaired) electrons. The van der Waals surface area contributed by atoms with E-state index in [1.807, 2.05) is 6.92 Å². The molecule has 3 aliphatic rings. The number of hydrogen-bond donors (Lipinski definition) is 8. The van der Waals surface area contributed by atoms with E-state index in [1.54, 1.807) is 24.3 Å². The minimum atomic E-state index is -1.50. The van der Waals surface area contributed by atoms with Gasteiger partial charge in [0.1, 0.15) is 12.1 Å². The highest BCUT2D eigenvalue weighted by Crippen LogP contribution is 2.24. The van der Waals surface area contributed by atoms with Gasteiger partial charge in [-0.2, -0.15) is 0 Å². The molecule has 5 rings (SSSR count). The summed E-state index contributed by atoms with van der Waals surface area (Å²) in [4.78, 5) is 79.2. The number of aliphatic hydroxyl groups is 1. The summed E-state index contributed by atoms with van der Waals surface area (Å²) in [6.45, 7) is 3.81. The zero-order valence-corrected chi connectivity index (χ0v) is 30.8. The number of aliphatic carboxylic acids is 1. The van der Waals surface area contributed by atoms with Gasteiger partial charge in [-0.25, -0.2) is 4.79 Å². The molecule has 0 aliphatic carbocycles. The number of aliphatic hydroxyl groups excluding tert-OH is 1. The van der Waals surface area contributed by atoms with Gasteiger partial charge in [-0.15, -0.1) is 0 Å². The van der Waals surface area contributed by atoms with Crippen LogP contribution in [0.2, 0.25) is 0 Å². The number of nitrogens with one attached hydrogen (secondary N) is 4. The van der Waals surface area contributed by atoms with Gasteiger partial charge < -0.3 is 55.7 Å². The standard InChI is InChI=1S/C36H47B2N5O12/c1-3-21(35(49)43-14-6-8-29(43)34(48)42-30(20(2)44)36(50)51)7-4-5-13-39-33(47)28(41-32(46)23-10-12-25-19-55-38(53)27(25)16-23)17-40-31(45)22-9-11-24-18-54-37(52)26(24)15-22/h9-12,15-16,20-21,28-30,44,52-53H,3-8,13-14,17-19H2,1-2H3,(H,39,47)(H,40,45)(H,41,46)(H,42,48)(H,50,51)/t20-,21+,28+,29+,30+/m1/s1. The van der Waals surface area contributed by atoms with Crippen LogP contribution in [0.5, 0.6) is 0 Å². The second-order valence-corrected chi connectivity index (χ2v) is 14.0. The molecule has 8 N–H and O–H groups in total. The molecule has 55 heavy (non-hydrogen) atoms. The molecule has 2 aromatic rings. The fourth-order valence-electron chi connectivity index (χ4n) is 6.99. The summed E-state index contributed by atoms with van der Waals surface area (Å²) < 4.78 is 10.4. The van der Waals surface area contributed by atoms with Gasteiger partial charge in [0.2, 0.25) is 17.7 Å². The second-order valence-electron chi connectivity index (χ2n) is 14.0. The predicted octanol–water partition coefficient (Wildman–Crippen LogP) is -2.10. The van der Waals surface area contributed by atoms with Crippen LogP contribution in [0.15, 0.2) is 36.4 Å². The van der Waals surface area contributed by atoms with Crippen molar-refractivity contribution in [3.8, 4) is 0 Å². The van der Waals surface area contributed by atoms with Gasteiger partial charge in [0, 0.05) is 36.7 Å². The Morgan fingerprint density at radius 2 is 1.51 bits per heavy atom. The molecule has 3 aliphatic heterocycles. The van der Waals surface area contributed by atoms with E-state index < -0.39 is 74.0 Å². The first-order valence-corrected chi connectivity index (χ1v) is 18.5. The van der Waals surface area contributed by atoms with Gasteiger partial charge in [-0.1, -0.05) is 25.5 Å². The number of hydrogen-bond acceptors (Lipinski definition) is 11. The van der Waals surface area contributed by atoms with Crippen LogP contribution < -0.4 is 32.2 Å². The Balaban J connectivity index is 1.16. The van der Waals surface area contributed by atoms with Gasteiger partial charge in [-0.3, -0.25) is 24.0 Å². The van der Waals surface area contributed by atoms with Crippen LogP contribution in [0.3, 0.4) is 0 Å². The van der Waals surface area contributed by atoms with Crippen LogP contribution in [0.25, 0.3) is 0 Å². The van der Waals surface area contributed by atoms with Crippen molar-refractivity contribution in [1.82, 2.24) is 26.2 Å². The first kappa shape index (κ1) is 41.4. The Bertz CT molecular complexity index is 1780. The van der Waals surface area contributed by atoms with Crippen molar-refractivity contribution >= 4 is 60.7 Å². The number of carboxylic acids is 1. The van der Waals surface area contributed by atoms with Crippen LogP contribution in [-0.4, -0.2) is 119 Å². The summed E-state index contributed by atoms with van der Waals surface area (Å²) in [5.74, 6) is -4.36. The van der Waals surface area contributed by atoms with Gasteiger partial charge in [0.25, 0.3) is 11.8 Å². The summed E-state index contributed by atoms with van der Waals surface area (Å²) in [5.41, 5.74) is 2.80. The highest BCUT2D eigenvalue weighted by molar-refractivity contribution is 6.62. The number of benzene rings is 2. The lowest BCUT2D eigenvalue weighted by atomic mass is 9.78. The Morgan fingerprint density at radius 3 is 2.09 bits per heavy atom. The predicted molar refractivity (Wildman–Crippen MR) is 198 cm³/mol. The smallest absolute Gasteiger partial charge is 0.480 e. The van der Waals surface area contributed by atoms with Crippen LogP contribution in [-0.2, 0) is 41.7 Å². The summed E-state index contributed by atoms with van der Waals surface area (Å²) in [6, 6.07) is 5.90. The topological polar surface area (TPSA) is 253 Å². The molecule has 0 spiro atoms. The van der Waals surface area contributed by atoms with Crippen molar-refractivity contribution in [2.75, 3.05) is 19.6 Å². The van der Waals surface area contributed by atoms with Crippen molar-refractivity contribution in [3.05, 3.63) is 58.7 Å². The fraction of sp³-hybridized carbons (Fsp3) is 0.500. The largest absolute Gasteiger partial charge is 0.491 e. The highest BCUT2D eigenvalue weighted by atomic mass is 16.5. The van der Waals surface area contributed by atoms with Gasteiger partial charge in [-0.05, 0) is 85.3 Å². The number of fused-ring (bicyclic) bond motifs is 2. The maximum atomic E-state index is 13.5. The molecule has 0 saturated carbocycles. The summed E-state index contributed by atoms with van der Waals surface area (Å²) in [7, 11) is -2.33. The monoisotopic (exact) mass is 763 g/mol. The van der Waals surface area contributed by atoms with E-state index in [4.69, 9.17) is 9.31 Å². The lowest BCUT2D eigenvalue weighted by molar-refractivity contribution is -0.147. The zero-order chi connectivity index (χ0) is 39.8. The van der Waals surface area contributed by atoms with Crippen molar-refractivity contribution in [3.63, 3.8) is 0 Å². The molecule has 5 atom stereocenters. The number of rotatable bonds is 17. The third kappa shape index (κ3) is 10.1. The Hall–Kier alpha value is -4.81. The average Bonchev–Trinajstić information content (AvgIpc) is 3.91. The third-order valence-electron chi connectivity index (χ3n) is 10.2. The molecule has 17 nitrogen and oxygen atoms in total. The van der Waals surface area contributed by atoms with Crippen molar-refractivity contribution in [1.29, 1.82) is 0 Å². The molecule has 0 unspecified atom stereocenters. The molecule has 294 valence electrons. The minimum absolute atomic E-state index is 0.178. The molecule has 1 saturated heterocycles. The molecule has 0 aromatic heterocycles. The van der Waals surface area contributed by atoms with Crippen molar-refractivity contribution in [2.45, 2.75) is 89.8 Å². The first-order valence-electron chi connectivity index (χ1n) is 18.5. The fourth-order valence-corrected chi connectivity index (χ4v) is 6.99. The quantitative estimate of drug-likeness (QED) is 0.0638. The Labute approximate surface area is 318 Å². The third-order valence-corrected chi connectivity index (χ3v) is 10.2. The maximum Gasteiger partial charge on any atom is 0.491 e. The summed E-state index contributed by atoms with van der Waals surface area (Å²) >= 11 is 0. The van der Waals surface area contributed by atoms with E-state index in [-0.39, 0.29) is 43.3 Å². The molecule has 2 aromatic carbocycles. The molecule has 1 fully saturated rings. The molecular weight excluding hydrogens is 716 g/mol. The Kier molecular flexibility index (Phi) is 14.0. The van der Waals surface area contributed by atoms with E-state index in [2.05, 4.69) is 21.3 Å². The molecular formula is C36H47B2N5O12. The zero-order valence-electron chi connectivity index (χ0n) is 30.8. The van der Waals surface area contributed by atoms with Crippen molar-refractivity contribution in [2.24, 2.45) is 5.92 Å². The number of carboxylic acid groups (broad SMARTS) is 1. The Morgan fingerprint density at radius 1 is 0.891 bits per heavy atom. The molecule has 19 heteroatoms. The maximum absolute atomic E-state index is 13.5. The summed E-state index contributed by atoms with van der Waals surface area (Å²) in [6.07, 6.45) is 1.61. The number of unbranched alkanes of at least 4 members (excludes halogenated alkanes) is 1. The van der Waals surface area contributed by atoms with Gasteiger partial charge in [0.15, 0.2) is 6.04 Å². The van der Waals surface area contributed by atoms with E-state index >= 15 is 0 Å². The van der Waals surface area contributed by atoms with E-state index in [1.165, 1.54) is 24.0 Å². The first-order chi connectivity index (χ1) is 26.3. The lowest BCUT2D eigenvalue weighted by Gasteiger charge is -2.29. The van der Waals surface area contributed by atoms with Crippen LogP contribution in [0, 0.1) is 5.92 Å². The normalized spacial score (nSPS) is 18.1. The van der Waals surface area contributed by atoms with E-state index in [0.717, 1.165) is 11.1 Å². The minimum Gasteiger partial charge on any atom is -0.480 e. The number of likely N-dealkylation sites (tertiary alicyclic amines) is 1. The summed E-state index contributed by atoms with van der Waals surface area (Å²) in [5, 5.41) is 49.8. The molecule has 3 heterocycles. The van der Waals surface area contributed by atoms with Crippen LogP contribution >= 0.6 is 0 Å². The van der Waals surface area contributed by atoms with E-state index in [0.29, 0.717) is 56.0 Å². The number of nitrogens with zero attached hydrogens (tertiary/aromatic N) is 1. The van der Waals surface area contributed by atoms with E-state index in [9.17, 15) is 49.0 Å². The lowest BCUT2D eigenvalue weighted by Crippen LogP contribution is -2.54. The van der Waals surface area contributed by atoms with Crippen LogP contribution in [0.4, 0.5) is 0 Å². The highest BCUT2D eigenvalue weighted by Gasteiger charge is 2.39. The SMILES string of the molecule is CC[C@@H](CCCCNC(=O)[C@H](CNC(=O)c1ccc2c(c1)B(O)OC2)NC(=O)c1ccc2c(c1)B(O)OC2)C(=O)N1CCC[C@H]1C(=O)N[C@H](C(=O)O)[C@@H](C)O. The number of carbonyl (C=O) groups is 6. The second kappa shape index (κ2) is 18.7. The van der Waals surface area contributed by atoms with Gasteiger partial charge >= 0.3 is 20.2 Å². The molecule has 5 amide bonds. The average molecular weight is 763 g/mol. The van der Waals surface area contributed by atoms with Gasteiger partial charge in [0.05, 0.1) is 19.3 Å².